The number of carbonyl (C=O) groups excluding carboxylic acids is 1. The van der Waals surface area contributed by atoms with E-state index >= 15 is 0 Å². The molecular weight excluding hydrogens is 358 g/mol. The largest absolute Gasteiger partial charge is 0.496 e. The highest BCUT2D eigenvalue weighted by atomic mass is 16.6. The smallest absolute Gasteiger partial charge is 0.293 e. The molecule has 2 fully saturated rings. The van der Waals surface area contributed by atoms with Crippen molar-refractivity contribution in [2.75, 3.05) is 25.1 Å². The van der Waals surface area contributed by atoms with Crippen LogP contribution in [-0.2, 0) is 0 Å². The number of nitro groups is 1. The van der Waals surface area contributed by atoms with Crippen LogP contribution in [0.25, 0.3) is 0 Å². The second kappa shape index (κ2) is 7.50. The van der Waals surface area contributed by atoms with E-state index in [9.17, 15) is 14.9 Å². The average molecular weight is 381 g/mol. The van der Waals surface area contributed by atoms with Gasteiger partial charge in [-0.05, 0) is 43.0 Å². The molecule has 1 saturated carbocycles. The lowest BCUT2D eigenvalue weighted by molar-refractivity contribution is -0.384. The van der Waals surface area contributed by atoms with Crippen LogP contribution in [0.2, 0.25) is 0 Å². The van der Waals surface area contributed by atoms with Crippen LogP contribution in [0.5, 0.6) is 5.75 Å². The number of para-hydroxylation sites is 1. The molecule has 1 amide bonds. The summed E-state index contributed by atoms with van der Waals surface area (Å²) in [6.07, 6.45) is 2.84. The van der Waals surface area contributed by atoms with Crippen molar-refractivity contribution in [3.05, 3.63) is 63.7 Å². The third kappa shape index (κ3) is 3.65. The second-order valence-corrected chi connectivity index (χ2v) is 7.38. The van der Waals surface area contributed by atoms with E-state index in [2.05, 4.69) is 5.32 Å². The third-order valence-electron chi connectivity index (χ3n) is 5.45. The zero-order chi connectivity index (χ0) is 19.7. The minimum atomic E-state index is -0.403. The van der Waals surface area contributed by atoms with Crippen molar-refractivity contribution in [1.29, 1.82) is 0 Å². The summed E-state index contributed by atoms with van der Waals surface area (Å²) in [4.78, 5) is 25.5. The standard InChI is InChI=1S/C21H23N3O4/c1-28-20-5-3-2-4-17(20)15-10-11-23(13-15)18-9-6-14(12-19(18)24(26)27)21(25)22-16-7-8-16/h2-6,9,12,15-16H,7-8,10-11,13H2,1H3,(H,22,25). The first-order valence-corrected chi connectivity index (χ1v) is 9.54. The molecule has 7 heteroatoms. The van der Waals surface area contributed by atoms with Crippen LogP contribution in [0.4, 0.5) is 11.4 Å². The predicted molar refractivity (Wildman–Crippen MR) is 106 cm³/mol. The van der Waals surface area contributed by atoms with Crippen molar-refractivity contribution in [3.63, 3.8) is 0 Å². The van der Waals surface area contributed by atoms with Gasteiger partial charge < -0.3 is 15.0 Å². The van der Waals surface area contributed by atoms with Gasteiger partial charge in [-0.3, -0.25) is 14.9 Å². The molecule has 0 spiro atoms. The van der Waals surface area contributed by atoms with Gasteiger partial charge in [-0.2, -0.15) is 0 Å². The summed E-state index contributed by atoms with van der Waals surface area (Å²) in [5.74, 6) is 0.843. The average Bonchev–Trinajstić information content (AvgIpc) is 3.39. The maximum Gasteiger partial charge on any atom is 0.293 e. The van der Waals surface area contributed by atoms with E-state index in [-0.39, 0.29) is 23.6 Å². The first-order valence-electron chi connectivity index (χ1n) is 9.54. The number of nitrogens with zero attached hydrogens (tertiary/aromatic N) is 2. The Balaban J connectivity index is 1.56. The first kappa shape index (κ1) is 18.3. The Bertz CT molecular complexity index is 910. The Morgan fingerprint density at radius 2 is 2.00 bits per heavy atom. The van der Waals surface area contributed by atoms with Crippen molar-refractivity contribution < 1.29 is 14.5 Å². The lowest BCUT2D eigenvalue weighted by atomic mass is 9.97. The van der Waals surface area contributed by atoms with Crippen molar-refractivity contribution >= 4 is 17.3 Å². The van der Waals surface area contributed by atoms with Gasteiger partial charge in [0.1, 0.15) is 11.4 Å². The van der Waals surface area contributed by atoms with Gasteiger partial charge in [0.05, 0.1) is 12.0 Å². The SMILES string of the molecule is COc1ccccc1C1CCN(c2ccc(C(=O)NC3CC3)cc2[N+](=O)[O-])C1. The number of nitro benzene ring substituents is 1. The minimum Gasteiger partial charge on any atom is -0.496 e. The van der Waals surface area contributed by atoms with Crippen molar-refractivity contribution in [3.8, 4) is 5.75 Å². The Morgan fingerprint density at radius 1 is 1.21 bits per heavy atom. The normalized spacial score (nSPS) is 18.8. The van der Waals surface area contributed by atoms with Gasteiger partial charge in [0.15, 0.2) is 0 Å². The summed E-state index contributed by atoms with van der Waals surface area (Å²) in [5, 5.41) is 14.5. The van der Waals surface area contributed by atoms with Crippen LogP contribution in [0.15, 0.2) is 42.5 Å². The van der Waals surface area contributed by atoms with Gasteiger partial charge in [-0.25, -0.2) is 0 Å². The Hall–Kier alpha value is -3.09. The van der Waals surface area contributed by atoms with Gasteiger partial charge in [-0.15, -0.1) is 0 Å². The molecule has 1 saturated heterocycles. The maximum atomic E-state index is 12.2. The summed E-state index contributed by atoms with van der Waals surface area (Å²) >= 11 is 0. The van der Waals surface area contributed by atoms with Crippen LogP contribution in [0.3, 0.4) is 0 Å². The number of carbonyl (C=O) groups is 1. The molecule has 1 aliphatic heterocycles. The molecule has 0 bridgehead atoms. The molecule has 2 aromatic carbocycles. The fourth-order valence-electron chi connectivity index (χ4n) is 3.81. The maximum absolute atomic E-state index is 12.2. The van der Waals surface area contributed by atoms with Crippen molar-refractivity contribution in [2.24, 2.45) is 0 Å². The molecule has 28 heavy (non-hydrogen) atoms. The fourth-order valence-corrected chi connectivity index (χ4v) is 3.81. The van der Waals surface area contributed by atoms with Crippen LogP contribution in [0, 0.1) is 10.1 Å². The Morgan fingerprint density at radius 3 is 2.71 bits per heavy atom. The van der Waals surface area contributed by atoms with Gasteiger partial charge in [0, 0.05) is 36.7 Å². The van der Waals surface area contributed by atoms with E-state index in [0.29, 0.717) is 17.8 Å². The lowest BCUT2D eigenvalue weighted by Gasteiger charge is -2.20. The highest BCUT2D eigenvalue weighted by molar-refractivity contribution is 5.96. The Labute approximate surface area is 163 Å². The molecule has 1 N–H and O–H groups in total. The molecule has 2 aliphatic rings. The van der Waals surface area contributed by atoms with Crippen molar-refractivity contribution in [1.82, 2.24) is 5.32 Å². The van der Waals surface area contributed by atoms with E-state index in [1.54, 1.807) is 19.2 Å². The molecule has 1 aliphatic carbocycles. The van der Waals surface area contributed by atoms with Crippen LogP contribution in [0.1, 0.15) is 41.1 Å². The van der Waals surface area contributed by atoms with Crippen molar-refractivity contribution in [2.45, 2.75) is 31.2 Å². The molecule has 1 unspecified atom stereocenters. The van der Waals surface area contributed by atoms with Crippen LogP contribution >= 0.6 is 0 Å². The molecular formula is C21H23N3O4. The number of methoxy groups -OCH3 is 1. The second-order valence-electron chi connectivity index (χ2n) is 7.38. The quantitative estimate of drug-likeness (QED) is 0.612. The van der Waals surface area contributed by atoms with Gasteiger partial charge in [-0.1, -0.05) is 18.2 Å². The summed E-state index contributed by atoms with van der Waals surface area (Å²) in [7, 11) is 1.65. The van der Waals surface area contributed by atoms with Crippen LogP contribution < -0.4 is 15.0 Å². The molecule has 0 radical (unpaired) electrons. The summed E-state index contributed by atoms with van der Waals surface area (Å²) in [6.45, 7) is 1.39. The lowest BCUT2D eigenvalue weighted by Crippen LogP contribution is -2.26. The highest BCUT2D eigenvalue weighted by Crippen LogP contribution is 2.38. The summed E-state index contributed by atoms with van der Waals surface area (Å²) in [6, 6.07) is 12.9. The monoisotopic (exact) mass is 381 g/mol. The molecule has 7 nitrogen and oxygen atoms in total. The summed E-state index contributed by atoms with van der Waals surface area (Å²) in [5.41, 5.74) is 1.99. The number of ether oxygens (including phenoxy) is 1. The number of amides is 1. The number of anilines is 1. The zero-order valence-electron chi connectivity index (χ0n) is 15.8. The van der Waals surface area contributed by atoms with Gasteiger partial charge in [0.2, 0.25) is 0 Å². The highest BCUT2D eigenvalue weighted by Gasteiger charge is 2.31. The van der Waals surface area contributed by atoms with E-state index in [4.69, 9.17) is 4.74 Å². The topological polar surface area (TPSA) is 84.7 Å². The number of benzene rings is 2. The third-order valence-corrected chi connectivity index (χ3v) is 5.45. The Kier molecular flexibility index (Phi) is 4.90. The minimum absolute atomic E-state index is 0.0240. The van der Waals surface area contributed by atoms with Crippen LogP contribution in [-0.4, -0.2) is 37.1 Å². The van der Waals surface area contributed by atoms with E-state index < -0.39 is 4.92 Å². The van der Waals surface area contributed by atoms with E-state index in [1.807, 2.05) is 29.2 Å². The molecule has 1 heterocycles. The zero-order valence-corrected chi connectivity index (χ0v) is 15.8. The van der Waals surface area contributed by atoms with E-state index in [1.165, 1.54) is 6.07 Å². The number of hydrogen-bond acceptors (Lipinski definition) is 5. The molecule has 4 rings (SSSR count). The molecule has 2 aromatic rings. The predicted octanol–water partition coefficient (Wildman–Crippen LogP) is 3.49. The number of hydrogen-bond donors (Lipinski definition) is 1. The molecule has 0 aromatic heterocycles. The van der Waals surface area contributed by atoms with E-state index in [0.717, 1.165) is 37.1 Å². The first-order chi connectivity index (χ1) is 13.6. The van der Waals surface area contributed by atoms with Gasteiger partial charge in [0.25, 0.3) is 11.6 Å². The summed E-state index contributed by atoms with van der Waals surface area (Å²) < 4.78 is 5.47. The number of rotatable bonds is 6. The molecule has 1 atom stereocenters. The molecule has 146 valence electrons. The van der Waals surface area contributed by atoms with Gasteiger partial charge >= 0.3 is 0 Å². The number of nitrogens with one attached hydrogen (secondary N) is 1. The fraction of sp³-hybridized carbons (Fsp3) is 0.381.